The first-order chi connectivity index (χ1) is 8.83. The van der Waals surface area contributed by atoms with Gasteiger partial charge >= 0.3 is 0 Å². The molecule has 2 aromatic heterocycles. The fraction of sp³-hybridized carbons (Fsp3) is 0.500. The van der Waals surface area contributed by atoms with Crippen molar-refractivity contribution in [3.8, 4) is 0 Å². The molecule has 0 saturated carbocycles. The number of thiophene rings is 1. The number of hydrogen-bond donors (Lipinski definition) is 1. The molecule has 0 spiro atoms. The Balaban J connectivity index is 1.63. The Kier molecular flexibility index (Phi) is 3.67. The van der Waals surface area contributed by atoms with Gasteiger partial charge in [-0.05, 0) is 24.3 Å². The molecule has 96 valence electrons. The number of anilines is 1. The zero-order valence-electron chi connectivity index (χ0n) is 9.96. The molecule has 0 bridgehead atoms. The second-order valence-corrected chi connectivity index (χ2v) is 6.24. The lowest BCUT2D eigenvalue weighted by molar-refractivity contribution is 0.129. The summed E-state index contributed by atoms with van der Waals surface area (Å²) in [7, 11) is 0. The fourth-order valence-electron chi connectivity index (χ4n) is 2.05. The van der Waals surface area contributed by atoms with Crippen molar-refractivity contribution < 1.29 is 4.74 Å². The third-order valence-electron chi connectivity index (χ3n) is 2.96. The summed E-state index contributed by atoms with van der Waals surface area (Å²) in [6, 6.07) is 1.97. The van der Waals surface area contributed by atoms with E-state index < -0.39 is 0 Å². The monoisotopic (exact) mass is 281 g/mol. The van der Waals surface area contributed by atoms with Crippen LogP contribution in [0.3, 0.4) is 0 Å². The van der Waals surface area contributed by atoms with Gasteiger partial charge in [0.15, 0.2) is 0 Å². The summed E-state index contributed by atoms with van der Waals surface area (Å²) in [5.74, 6) is 3.24. The van der Waals surface area contributed by atoms with Crippen molar-refractivity contribution in [2.24, 2.45) is 0 Å². The molecule has 1 fully saturated rings. The molecule has 1 saturated heterocycles. The summed E-state index contributed by atoms with van der Waals surface area (Å²) in [4.78, 5) is 9.86. The van der Waals surface area contributed by atoms with Crippen LogP contribution in [-0.2, 0) is 10.5 Å². The molecule has 3 rings (SSSR count). The van der Waals surface area contributed by atoms with Gasteiger partial charge in [-0.1, -0.05) is 0 Å². The molecule has 1 atom stereocenters. The van der Waals surface area contributed by atoms with Crippen LogP contribution in [0.1, 0.15) is 18.7 Å². The number of aromatic nitrogens is 2. The molecule has 18 heavy (non-hydrogen) atoms. The van der Waals surface area contributed by atoms with E-state index in [0.29, 0.717) is 11.9 Å². The largest absolute Gasteiger partial charge is 0.383 e. The van der Waals surface area contributed by atoms with Crippen molar-refractivity contribution >= 4 is 39.1 Å². The van der Waals surface area contributed by atoms with Gasteiger partial charge in [0.2, 0.25) is 0 Å². The lowest BCUT2D eigenvalue weighted by Gasteiger charge is -2.08. The highest BCUT2D eigenvalue weighted by atomic mass is 32.2. The number of thioether (sulfide) groups is 1. The summed E-state index contributed by atoms with van der Waals surface area (Å²) in [6.45, 7) is 0.913. The van der Waals surface area contributed by atoms with Crippen molar-refractivity contribution in [3.63, 3.8) is 0 Å². The molecule has 1 aliphatic heterocycles. The standard InChI is InChI=1S/C12H15N3OS2/c13-11-9-3-5-18-12(9)15-10(14-11)7-17-6-8-2-1-4-16-8/h3,5,8H,1-2,4,6-7H2,(H2,13,14,15). The van der Waals surface area contributed by atoms with Gasteiger partial charge in [0.25, 0.3) is 0 Å². The Bertz CT molecular complexity index is 537. The molecular weight excluding hydrogens is 266 g/mol. The Morgan fingerprint density at radius 1 is 1.50 bits per heavy atom. The maximum Gasteiger partial charge on any atom is 0.142 e. The summed E-state index contributed by atoms with van der Waals surface area (Å²) in [6.07, 6.45) is 2.79. The first kappa shape index (κ1) is 12.2. The maximum absolute atomic E-state index is 5.92. The summed E-state index contributed by atoms with van der Waals surface area (Å²) < 4.78 is 5.59. The van der Waals surface area contributed by atoms with Crippen molar-refractivity contribution in [3.05, 3.63) is 17.3 Å². The molecule has 6 heteroatoms. The van der Waals surface area contributed by atoms with Crippen LogP contribution in [0.15, 0.2) is 11.4 Å². The van der Waals surface area contributed by atoms with E-state index in [2.05, 4.69) is 9.97 Å². The van der Waals surface area contributed by atoms with E-state index in [1.807, 2.05) is 23.2 Å². The van der Waals surface area contributed by atoms with Crippen LogP contribution in [0.25, 0.3) is 10.2 Å². The lowest BCUT2D eigenvalue weighted by Crippen LogP contribution is -2.08. The van der Waals surface area contributed by atoms with Gasteiger partial charge in [-0.2, -0.15) is 11.8 Å². The van der Waals surface area contributed by atoms with Crippen LogP contribution in [0, 0.1) is 0 Å². The molecule has 1 aliphatic rings. The minimum Gasteiger partial charge on any atom is -0.383 e. The van der Waals surface area contributed by atoms with Gasteiger partial charge in [-0.3, -0.25) is 0 Å². The molecule has 0 aromatic carbocycles. The van der Waals surface area contributed by atoms with Gasteiger partial charge < -0.3 is 10.5 Å². The highest BCUT2D eigenvalue weighted by Gasteiger charge is 2.15. The molecule has 2 aromatic rings. The van der Waals surface area contributed by atoms with E-state index in [0.717, 1.165) is 34.2 Å². The zero-order valence-corrected chi connectivity index (χ0v) is 11.6. The SMILES string of the molecule is Nc1nc(CSCC2CCCO2)nc2sccc12. The molecule has 4 nitrogen and oxygen atoms in total. The van der Waals surface area contributed by atoms with Gasteiger partial charge in [0.05, 0.1) is 17.2 Å². The Morgan fingerprint density at radius 2 is 2.44 bits per heavy atom. The number of nitrogens with zero attached hydrogens (tertiary/aromatic N) is 2. The fourth-order valence-corrected chi connectivity index (χ4v) is 3.79. The summed E-state index contributed by atoms with van der Waals surface area (Å²) in [5, 5.41) is 2.96. The number of nitrogen functional groups attached to an aromatic ring is 1. The number of hydrogen-bond acceptors (Lipinski definition) is 6. The number of fused-ring (bicyclic) bond motifs is 1. The van der Waals surface area contributed by atoms with Crippen molar-refractivity contribution in [2.45, 2.75) is 24.7 Å². The van der Waals surface area contributed by atoms with Crippen LogP contribution in [0.4, 0.5) is 5.82 Å². The van der Waals surface area contributed by atoms with Gasteiger partial charge in [-0.25, -0.2) is 9.97 Å². The van der Waals surface area contributed by atoms with E-state index in [-0.39, 0.29) is 0 Å². The predicted molar refractivity (Wildman–Crippen MR) is 77.0 cm³/mol. The van der Waals surface area contributed by atoms with Crippen LogP contribution in [0.5, 0.6) is 0 Å². The first-order valence-electron chi connectivity index (χ1n) is 6.02. The van der Waals surface area contributed by atoms with E-state index >= 15 is 0 Å². The average Bonchev–Trinajstić information content (AvgIpc) is 2.99. The third-order valence-corrected chi connectivity index (χ3v) is 4.84. The van der Waals surface area contributed by atoms with Crippen LogP contribution < -0.4 is 5.73 Å². The van der Waals surface area contributed by atoms with Crippen molar-refractivity contribution in [2.75, 3.05) is 18.1 Å². The van der Waals surface area contributed by atoms with Gasteiger partial charge in [0.1, 0.15) is 16.5 Å². The molecular formula is C12H15N3OS2. The second kappa shape index (κ2) is 5.42. The van der Waals surface area contributed by atoms with E-state index in [1.165, 1.54) is 12.8 Å². The van der Waals surface area contributed by atoms with Crippen molar-refractivity contribution in [1.29, 1.82) is 0 Å². The van der Waals surface area contributed by atoms with Gasteiger partial charge in [0, 0.05) is 12.4 Å². The molecule has 0 radical (unpaired) electrons. The van der Waals surface area contributed by atoms with E-state index in [1.54, 1.807) is 11.3 Å². The van der Waals surface area contributed by atoms with Crippen LogP contribution in [-0.4, -0.2) is 28.4 Å². The zero-order chi connectivity index (χ0) is 12.4. The Morgan fingerprint density at radius 3 is 3.28 bits per heavy atom. The minimum absolute atomic E-state index is 0.415. The third kappa shape index (κ3) is 2.60. The smallest absolute Gasteiger partial charge is 0.142 e. The van der Waals surface area contributed by atoms with Crippen molar-refractivity contribution in [1.82, 2.24) is 9.97 Å². The number of ether oxygens (including phenoxy) is 1. The molecule has 0 amide bonds. The number of rotatable bonds is 4. The van der Waals surface area contributed by atoms with Crippen LogP contribution >= 0.6 is 23.1 Å². The molecule has 3 heterocycles. The van der Waals surface area contributed by atoms with E-state index in [4.69, 9.17) is 10.5 Å². The molecule has 2 N–H and O–H groups in total. The minimum atomic E-state index is 0.415. The van der Waals surface area contributed by atoms with E-state index in [9.17, 15) is 0 Å². The Hall–Kier alpha value is -0.850. The molecule has 0 aliphatic carbocycles. The quantitative estimate of drug-likeness (QED) is 0.933. The maximum atomic E-state index is 5.92. The first-order valence-corrected chi connectivity index (χ1v) is 8.05. The summed E-state index contributed by atoms with van der Waals surface area (Å²) >= 11 is 3.43. The van der Waals surface area contributed by atoms with Gasteiger partial charge in [-0.15, -0.1) is 11.3 Å². The highest BCUT2D eigenvalue weighted by molar-refractivity contribution is 7.98. The predicted octanol–water partition coefficient (Wildman–Crippen LogP) is 2.69. The lowest BCUT2D eigenvalue weighted by atomic mass is 10.3. The second-order valence-electron chi connectivity index (χ2n) is 4.31. The highest BCUT2D eigenvalue weighted by Crippen LogP contribution is 2.25. The number of nitrogens with two attached hydrogens (primary N) is 1. The van der Waals surface area contributed by atoms with Crippen LogP contribution in [0.2, 0.25) is 0 Å². The average molecular weight is 281 g/mol. The summed E-state index contributed by atoms with van der Waals surface area (Å²) in [5.41, 5.74) is 5.92. The molecule has 1 unspecified atom stereocenters. The topological polar surface area (TPSA) is 61.0 Å². The normalized spacial score (nSPS) is 19.7. The Labute approximate surface area is 114 Å².